The van der Waals surface area contributed by atoms with Crippen molar-refractivity contribution in [2.24, 2.45) is 0 Å². The summed E-state index contributed by atoms with van der Waals surface area (Å²) >= 11 is 0. The Bertz CT molecular complexity index is 1290. The summed E-state index contributed by atoms with van der Waals surface area (Å²) in [7, 11) is 4.68. The van der Waals surface area contributed by atoms with E-state index in [0.717, 1.165) is 16.5 Å². The molecule has 2 N–H and O–H groups in total. The number of hydrogen-bond acceptors (Lipinski definition) is 4. The average Bonchev–Trinajstić information content (AvgIpc) is 3.27. The first-order valence-electron chi connectivity index (χ1n) is 10.7. The van der Waals surface area contributed by atoms with Gasteiger partial charge in [0, 0.05) is 5.39 Å². The molecule has 0 aliphatic carbocycles. The predicted octanol–water partition coefficient (Wildman–Crippen LogP) is 5.33. The van der Waals surface area contributed by atoms with Crippen LogP contribution in [0.2, 0.25) is 0 Å². The van der Waals surface area contributed by atoms with Crippen LogP contribution in [-0.4, -0.2) is 32.2 Å². The molecule has 1 heterocycles. The Morgan fingerprint density at radius 3 is 2.18 bits per heavy atom. The average molecular weight is 445 g/mol. The van der Waals surface area contributed by atoms with Gasteiger partial charge in [0.15, 0.2) is 11.5 Å². The maximum atomic E-state index is 13.4. The number of ether oxygens (including phenoxy) is 3. The number of methoxy groups -OCH3 is 3. The molecule has 4 rings (SSSR count). The molecule has 0 fully saturated rings. The zero-order valence-corrected chi connectivity index (χ0v) is 19.5. The molecular weight excluding hydrogens is 416 g/mol. The second kappa shape index (κ2) is 9.28. The van der Waals surface area contributed by atoms with Crippen LogP contribution in [-0.2, 0) is 0 Å². The molecule has 1 unspecified atom stereocenters. The molecule has 0 saturated heterocycles. The van der Waals surface area contributed by atoms with Gasteiger partial charge in [-0.1, -0.05) is 48.5 Å². The lowest BCUT2D eigenvalue weighted by Crippen LogP contribution is -2.29. The molecule has 0 bridgehead atoms. The lowest BCUT2D eigenvalue weighted by atomic mass is 9.95. The second-order valence-electron chi connectivity index (χ2n) is 7.95. The summed E-state index contributed by atoms with van der Waals surface area (Å²) in [6.07, 6.45) is 0. The quantitative estimate of drug-likeness (QED) is 0.404. The van der Waals surface area contributed by atoms with Crippen molar-refractivity contribution in [2.45, 2.75) is 19.9 Å². The van der Waals surface area contributed by atoms with E-state index in [9.17, 15) is 4.79 Å². The van der Waals surface area contributed by atoms with Crippen LogP contribution in [0.25, 0.3) is 10.9 Å². The van der Waals surface area contributed by atoms with Crippen molar-refractivity contribution in [2.75, 3.05) is 21.3 Å². The van der Waals surface area contributed by atoms with Crippen LogP contribution >= 0.6 is 0 Å². The SMILES string of the molecule is COc1cc2cc(C(=O)NC(c3ccccc3)c3ccc(C)c(C)c3)[nH]c2c(OC)c1OC. The fraction of sp³-hybridized carbons (Fsp3) is 0.222. The van der Waals surface area contributed by atoms with E-state index in [4.69, 9.17) is 14.2 Å². The summed E-state index contributed by atoms with van der Waals surface area (Å²) in [5.74, 6) is 1.27. The molecule has 0 aliphatic heterocycles. The molecule has 0 radical (unpaired) electrons. The lowest BCUT2D eigenvalue weighted by Gasteiger charge is -2.20. The number of H-pyrrole nitrogens is 1. The van der Waals surface area contributed by atoms with E-state index >= 15 is 0 Å². The Morgan fingerprint density at radius 1 is 0.818 bits per heavy atom. The molecule has 1 amide bonds. The summed E-state index contributed by atoms with van der Waals surface area (Å²) in [6, 6.07) is 19.5. The van der Waals surface area contributed by atoms with Crippen LogP contribution in [0, 0.1) is 13.8 Å². The van der Waals surface area contributed by atoms with Gasteiger partial charge < -0.3 is 24.5 Å². The fourth-order valence-electron chi connectivity index (χ4n) is 4.02. The van der Waals surface area contributed by atoms with Crippen LogP contribution in [0.4, 0.5) is 0 Å². The standard InChI is InChI=1S/C27H28N2O4/c1-16-11-12-19(13-17(16)2)23(18-9-7-6-8-10-18)29-27(30)21-14-20-15-22(31-3)25(32-4)26(33-5)24(20)28-21/h6-15,23,28H,1-5H3,(H,29,30). The Morgan fingerprint density at radius 2 is 1.55 bits per heavy atom. The van der Waals surface area contributed by atoms with Crippen molar-refractivity contribution < 1.29 is 19.0 Å². The minimum Gasteiger partial charge on any atom is -0.493 e. The number of amides is 1. The molecule has 1 atom stereocenters. The maximum Gasteiger partial charge on any atom is 0.268 e. The Labute approximate surface area is 193 Å². The van der Waals surface area contributed by atoms with E-state index in [0.29, 0.717) is 28.5 Å². The highest BCUT2D eigenvalue weighted by molar-refractivity contribution is 6.01. The first-order valence-corrected chi connectivity index (χ1v) is 10.7. The fourth-order valence-corrected chi connectivity index (χ4v) is 4.02. The smallest absolute Gasteiger partial charge is 0.268 e. The molecule has 3 aromatic carbocycles. The molecule has 170 valence electrons. The predicted molar refractivity (Wildman–Crippen MR) is 130 cm³/mol. The number of aryl methyl sites for hydroxylation is 2. The van der Waals surface area contributed by atoms with Gasteiger partial charge in [-0.05, 0) is 48.2 Å². The molecule has 4 aromatic rings. The largest absolute Gasteiger partial charge is 0.493 e. The highest BCUT2D eigenvalue weighted by Gasteiger charge is 2.22. The molecular formula is C27H28N2O4. The summed E-state index contributed by atoms with van der Waals surface area (Å²) in [5.41, 5.74) is 5.51. The second-order valence-corrected chi connectivity index (χ2v) is 7.95. The number of benzene rings is 3. The summed E-state index contributed by atoms with van der Waals surface area (Å²) in [4.78, 5) is 16.6. The van der Waals surface area contributed by atoms with Crippen molar-refractivity contribution in [1.82, 2.24) is 10.3 Å². The summed E-state index contributed by atoms with van der Waals surface area (Å²) in [6.45, 7) is 4.16. The number of fused-ring (bicyclic) bond motifs is 1. The highest BCUT2D eigenvalue weighted by atomic mass is 16.5. The van der Waals surface area contributed by atoms with E-state index < -0.39 is 0 Å². The van der Waals surface area contributed by atoms with Gasteiger partial charge in [-0.15, -0.1) is 0 Å². The van der Waals surface area contributed by atoms with Gasteiger partial charge in [-0.25, -0.2) is 0 Å². The van der Waals surface area contributed by atoms with Crippen LogP contribution in [0.3, 0.4) is 0 Å². The van der Waals surface area contributed by atoms with Crippen molar-refractivity contribution in [3.63, 3.8) is 0 Å². The van der Waals surface area contributed by atoms with Crippen molar-refractivity contribution in [3.05, 3.63) is 88.6 Å². The van der Waals surface area contributed by atoms with E-state index in [1.165, 1.54) is 11.1 Å². The van der Waals surface area contributed by atoms with Gasteiger partial charge in [0.25, 0.3) is 5.91 Å². The van der Waals surface area contributed by atoms with E-state index in [2.05, 4.69) is 42.3 Å². The number of carbonyl (C=O) groups is 1. The van der Waals surface area contributed by atoms with Gasteiger partial charge >= 0.3 is 0 Å². The van der Waals surface area contributed by atoms with E-state index in [1.54, 1.807) is 27.4 Å². The van der Waals surface area contributed by atoms with Gasteiger partial charge in [0.05, 0.1) is 32.9 Å². The van der Waals surface area contributed by atoms with Gasteiger partial charge in [-0.2, -0.15) is 0 Å². The Kier molecular flexibility index (Phi) is 6.27. The summed E-state index contributed by atoms with van der Waals surface area (Å²) in [5, 5.41) is 3.98. The number of aromatic amines is 1. The van der Waals surface area contributed by atoms with Gasteiger partial charge in [0.2, 0.25) is 5.75 Å². The first-order chi connectivity index (χ1) is 16.0. The Hall–Kier alpha value is -3.93. The number of carbonyl (C=O) groups excluding carboxylic acids is 1. The third-order valence-electron chi connectivity index (χ3n) is 5.94. The van der Waals surface area contributed by atoms with Crippen LogP contribution < -0.4 is 19.5 Å². The molecule has 33 heavy (non-hydrogen) atoms. The van der Waals surface area contributed by atoms with Crippen LogP contribution in [0.15, 0.2) is 60.7 Å². The zero-order chi connectivity index (χ0) is 23.5. The maximum absolute atomic E-state index is 13.4. The van der Waals surface area contributed by atoms with E-state index in [1.807, 2.05) is 36.4 Å². The van der Waals surface area contributed by atoms with Crippen molar-refractivity contribution in [3.8, 4) is 17.2 Å². The summed E-state index contributed by atoms with van der Waals surface area (Å²) < 4.78 is 16.5. The molecule has 0 spiro atoms. The van der Waals surface area contributed by atoms with Gasteiger partial charge in [-0.3, -0.25) is 4.79 Å². The third kappa shape index (κ3) is 4.24. The topological polar surface area (TPSA) is 72.6 Å². The molecule has 0 aliphatic rings. The first kappa shape index (κ1) is 22.3. The van der Waals surface area contributed by atoms with Crippen LogP contribution in [0.5, 0.6) is 17.2 Å². The highest BCUT2D eigenvalue weighted by Crippen LogP contribution is 2.43. The van der Waals surface area contributed by atoms with Crippen molar-refractivity contribution in [1.29, 1.82) is 0 Å². The minimum atomic E-state index is -0.296. The minimum absolute atomic E-state index is 0.224. The lowest BCUT2D eigenvalue weighted by molar-refractivity contribution is 0.0938. The molecule has 6 heteroatoms. The third-order valence-corrected chi connectivity index (χ3v) is 5.94. The van der Waals surface area contributed by atoms with Gasteiger partial charge in [0.1, 0.15) is 5.69 Å². The monoisotopic (exact) mass is 444 g/mol. The normalized spacial score (nSPS) is 11.8. The van der Waals surface area contributed by atoms with Crippen molar-refractivity contribution >= 4 is 16.8 Å². The molecule has 1 aromatic heterocycles. The zero-order valence-electron chi connectivity index (χ0n) is 19.5. The Balaban J connectivity index is 1.74. The number of hydrogen-bond donors (Lipinski definition) is 2. The number of rotatable bonds is 7. The number of nitrogens with one attached hydrogen (secondary N) is 2. The molecule has 6 nitrogen and oxygen atoms in total. The van der Waals surface area contributed by atoms with E-state index in [-0.39, 0.29) is 11.9 Å². The number of aromatic nitrogens is 1. The molecule has 0 saturated carbocycles. The van der Waals surface area contributed by atoms with Crippen LogP contribution in [0.1, 0.15) is 38.8 Å².